The molecule has 2 heterocycles. The Morgan fingerprint density at radius 1 is 1.55 bits per heavy atom. The van der Waals surface area contributed by atoms with Crippen molar-refractivity contribution in [3.8, 4) is 11.8 Å². The molecule has 0 spiro atoms. The number of aromatic amines is 1. The van der Waals surface area contributed by atoms with Crippen LogP contribution in [-0.2, 0) is 4.74 Å². The summed E-state index contributed by atoms with van der Waals surface area (Å²) >= 11 is 0. The van der Waals surface area contributed by atoms with Gasteiger partial charge in [0.1, 0.15) is 17.9 Å². The predicted molar refractivity (Wildman–Crippen MR) is 70.1 cm³/mol. The Morgan fingerprint density at radius 3 is 2.90 bits per heavy atom. The van der Waals surface area contributed by atoms with Crippen LogP contribution in [0.15, 0.2) is 15.8 Å². The summed E-state index contributed by atoms with van der Waals surface area (Å²) in [6.07, 6.45) is -0.241. The zero-order valence-electron chi connectivity index (χ0n) is 11.0. The number of rotatable bonds is 2. The molecule has 108 valence electrons. The van der Waals surface area contributed by atoms with Crippen LogP contribution in [-0.4, -0.2) is 38.6 Å². The van der Waals surface area contributed by atoms with Gasteiger partial charge in [-0.1, -0.05) is 18.8 Å². The number of nitrogens with one attached hydrogen (secondary N) is 1. The van der Waals surface area contributed by atoms with Gasteiger partial charge in [0.2, 0.25) is 0 Å². The third kappa shape index (κ3) is 2.82. The van der Waals surface area contributed by atoms with E-state index in [4.69, 9.17) is 9.84 Å². The molecule has 3 unspecified atom stereocenters. The van der Waals surface area contributed by atoms with Crippen molar-refractivity contribution in [1.82, 2.24) is 9.55 Å². The Bertz CT molecular complexity index is 651. The topological polar surface area (TPSA) is 105 Å². The molecule has 3 atom stereocenters. The lowest BCUT2D eigenvalue weighted by molar-refractivity contribution is -0.0459. The summed E-state index contributed by atoms with van der Waals surface area (Å²) < 4.78 is 6.56. The Balaban J connectivity index is 2.38. The molecule has 1 aliphatic heterocycles. The minimum atomic E-state index is -0.853. The first-order valence-corrected chi connectivity index (χ1v) is 6.35. The SMILES string of the molecule is CCC#Cc1cn(C2CC(O)C(CO)O2)c(=O)[nH]c1=O. The number of aromatic nitrogens is 2. The summed E-state index contributed by atoms with van der Waals surface area (Å²) in [6.45, 7) is 1.51. The highest BCUT2D eigenvalue weighted by Crippen LogP contribution is 2.27. The second kappa shape index (κ2) is 6.05. The first-order chi connectivity index (χ1) is 9.56. The third-order valence-electron chi connectivity index (χ3n) is 3.06. The van der Waals surface area contributed by atoms with Crippen LogP contribution in [0.25, 0.3) is 0 Å². The summed E-state index contributed by atoms with van der Waals surface area (Å²) in [5.74, 6) is 5.42. The molecule has 0 bridgehead atoms. The van der Waals surface area contributed by atoms with E-state index in [1.54, 1.807) is 0 Å². The number of H-pyrrole nitrogens is 1. The predicted octanol–water partition coefficient (Wildman–Crippen LogP) is -1.06. The monoisotopic (exact) mass is 280 g/mol. The zero-order valence-corrected chi connectivity index (χ0v) is 11.0. The van der Waals surface area contributed by atoms with E-state index in [1.807, 2.05) is 6.92 Å². The van der Waals surface area contributed by atoms with Crippen LogP contribution in [0.1, 0.15) is 31.6 Å². The van der Waals surface area contributed by atoms with Crippen LogP contribution in [0.4, 0.5) is 0 Å². The lowest BCUT2D eigenvalue weighted by atomic mass is 10.2. The van der Waals surface area contributed by atoms with Crippen LogP contribution < -0.4 is 11.2 Å². The Morgan fingerprint density at radius 2 is 2.30 bits per heavy atom. The largest absolute Gasteiger partial charge is 0.394 e. The van der Waals surface area contributed by atoms with Crippen molar-refractivity contribution in [1.29, 1.82) is 0 Å². The Labute approximate surface area is 114 Å². The average molecular weight is 280 g/mol. The van der Waals surface area contributed by atoms with E-state index in [9.17, 15) is 14.7 Å². The molecule has 0 aliphatic carbocycles. The Kier molecular flexibility index (Phi) is 4.39. The van der Waals surface area contributed by atoms with E-state index in [0.717, 1.165) is 0 Å². The molecule has 0 saturated carbocycles. The quantitative estimate of drug-likeness (QED) is 0.599. The van der Waals surface area contributed by atoms with Gasteiger partial charge in [-0.3, -0.25) is 14.3 Å². The zero-order chi connectivity index (χ0) is 14.7. The fraction of sp³-hybridized carbons (Fsp3) is 0.538. The molecule has 1 saturated heterocycles. The fourth-order valence-corrected chi connectivity index (χ4v) is 2.02. The number of aliphatic hydroxyl groups excluding tert-OH is 2. The minimum Gasteiger partial charge on any atom is -0.394 e. The molecular formula is C13H16N2O5. The maximum Gasteiger partial charge on any atom is 0.330 e. The molecule has 7 nitrogen and oxygen atoms in total. The first-order valence-electron chi connectivity index (χ1n) is 6.35. The highest BCUT2D eigenvalue weighted by Gasteiger charge is 2.35. The number of hydrogen-bond acceptors (Lipinski definition) is 5. The second-order valence-electron chi connectivity index (χ2n) is 4.48. The molecule has 20 heavy (non-hydrogen) atoms. The van der Waals surface area contributed by atoms with Crippen molar-refractivity contribution in [3.63, 3.8) is 0 Å². The normalized spacial score (nSPS) is 25.2. The van der Waals surface area contributed by atoms with Crippen molar-refractivity contribution in [2.75, 3.05) is 6.61 Å². The minimum absolute atomic E-state index is 0.164. The lowest BCUT2D eigenvalue weighted by Gasteiger charge is -2.14. The van der Waals surface area contributed by atoms with E-state index >= 15 is 0 Å². The van der Waals surface area contributed by atoms with Gasteiger partial charge in [-0.15, -0.1) is 0 Å². The van der Waals surface area contributed by atoms with Gasteiger partial charge in [-0.05, 0) is 0 Å². The fourth-order valence-electron chi connectivity index (χ4n) is 2.02. The number of nitrogens with zero attached hydrogens (tertiary/aromatic N) is 1. The molecule has 0 aromatic carbocycles. The standard InChI is InChI=1S/C13H16N2O5/c1-2-3-4-8-6-15(13(19)14-12(8)18)11-5-9(17)10(7-16)20-11/h6,9-11,16-17H,2,5,7H2,1H3,(H,14,18,19). The van der Waals surface area contributed by atoms with Crippen LogP contribution in [0.3, 0.4) is 0 Å². The third-order valence-corrected chi connectivity index (χ3v) is 3.06. The summed E-state index contributed by atoms with van der Waals surface area (Å²) in [5, 5.41) is 18.7. The molecular weight excluding hydrogens is 264 g/mol. The highest BCUT2D eigenvalue weighted by molar-refractivity contribution is 5.29. The van der Waals surface area contributed by atoms with Crippen LogP contribution >= 0.6 is 0 Å². The molecule has 1 aromatic rings. The van der Waals surface area contributed by atoms with Crippen molar-refractivity contribution < 1.29 is 14.9 Å². The summed E-state index contributed by atoms with van der Waals surface area (Å²) in [7, 11) is 0. The van der Waals surface area contributed by atoms with E-state index in [2.05, 4.69) is 16.8 Å². The van der Waals surface area contributed by atoms with Gasteiger partial charge in [-0.2, -0.15) is 0 Å². The number of aliphatic hydroxyl groups is 2. The molecule has 2 rings (SSSR count). The van der Waals surface area contributed by atoms with Crippen LogP contribution in [0.5, 0.6) is 0 Å². The van der Waals surface area contributed by atoms with Crippen LogP contribution in [0, 0.1) is 11.8 Å². The van der Waals surface area contributed by atoms with Crippen molar-refractivity contribution in [2.24, 2.45) is 0 Å². The van der Waals surface area contributed by atoms with Gasteiger partial charge < -0.3 is 14.9 Å². The molecule has 3 N–H and O–H groups in total. The van der Waals surface area contributed by atoms with Gasteiger partial charge in [0.05, 0.1) is 12.7 Å². The summed E-state index contributed by atoms with van der Waals surface area (Å²) in [5.41, 5.74) is -1.02. The van der Waals surface area contributed by atoms with Crippen LogP contribution in [0.2, 0.25) is 0 Å². The maximum absolute atomic E-state index is 11.8. The van der Waals surface area contributed by atoms with Crippen molar-refractivity contribution in [3.05, 3.63) is 32.6 Å². The Hall–Kier alpha value is -1.88. The van der Waals surface area contributed by atoms with Gasteiger partial charge in [0, 0.05) is 19.0 Å². The smallest absolute Gasteiger partial charge is 0.330 e. The van der Waals surface area contributed by atoms with Gasteiger partial charge >= 0.3 is 5.69 Å². The average Bonchev–Trinajstić information content (AvgIpc) is 2.79. The molecule has 1 fully saturated rings. The highest BCUT2D eigenvalue weighted by atomic mass is 16.5. The molecule has 7 heteroatoms. The lowest BCUT2D eigenvalue weighted by Crippen LogP contribution is -2.33. The van der Waals surface area contributed by atoms with Gasteiger partial charge in [0.15, 0.2) is 0 Å². The molecule has 1 aromatic heterocycles. The second-order valence-corrected chi connectivity index (χ2v) is 4.48. The molecule has 1 aliphatic rings. The molecule has 0 amide bonds. The number of hydrogen-bond donors (Lipinski definition) is 3. The summed E-state index contributed by atoms with van der Waals surface area (Å²) in [6, 6.07) is 0. The van der Waals surface area contributed by atoms with E-state index < -0.39 is 29.7 Å². The van der Waals surface area contributed by atoms with E-state index in [-0.39, 0.29) is 18.6 Å². The van der Waals surface area contributed by atoms with Gasteiger partial charge in [0.25, 0.3) is 5.56 Å². The van der Waals surface area contributed by atoms with Gasteiger partial charge in [-0.25, -0.2) is 4.79 Å². The van der Waals surface area contributed by atoms with Crippen molar-refractivity contribution in [2.45, 2.75) is 38.2 Å². The van der Waals surface area contributed by atoms with E-state index in [1.165, 1.54) is 10.8 Å². The number of ether oxygens (including phenoxy) is 1. The van der Waals surface area contributed by atoms with E-state index in [0.29, 0.717) is 6.42 Å². The first kappa shape index (κ1) is 14.5. The molecule has 0 radical (unpaired) electrons. The maximum atomic E-state index is 11.8. The van der Waals surface area contributed by atoms with Crippen molar-refractivity contribution >= 4 is 0 Å². The summed E-state index contributed by atoms with van der Waals surface area (Å²) in [4.78, 5) is 25.6.